The molecule has 1 amide bonds. The second-order valence-corrected chi connectivity index (χ2v) is 5.91. The average Bonchev–Trinajstić information content (AvgIpc) is 2.26. The minimum Gasteiger partial charge on any atom is -0.352 e. The van der Waals surface area contributed by atoms with E-state index in [1.54, 1.807) is 0 Å². The van der Waals surface area contributed by atoms with E-state index in [-0.39, 0.29) is 11.8 Å². The van der Waals surface area contributed by atoms with Crippen molar-refractivity contribution in [3.63, 3.8) is 0 Å². The molecule has 1 aliphatic heterocycles. The third-order valence-corrected chi connectivity index (χ3v) is 3.77. The van der Waals surface area contributed by atoms with E-state index in [0.29, 0.717) is 18.0 Å². The maximum Gasteiger partial charge on any atom is 0.222 e. The van der Waals surface area contributed by atoms with E-state index < -0.39 is 0 Å². The van der Waals surface area contributed by atoms with Crippen LogP contribution in [0.1, 0.15) is 47.5 Å². The van der Waals surface area contributed by atoms with E-state index in [0.717, 1.165) is 13.0 Å². The predicted octanol–water partition coefficient (Wildman–Crippen LogP) is 2.27. The van der Waals surface area contributed by atoms with Crippen LogP contribution < -0.4 is 5.32 Å². The molecule has 0 radical (unpaired) electrons. The number of amides is 1. The van der Waals surface area contributed by atoms with Gasteiger partial charge in [0.05, 0.1) is 0 Å². The van der Waals surface area contributed by atoms with E-state index in [1.807, 2.05) is 13.8 Å². The van der Waals surface area contributed by atoms with E-state index in [2.05, 4.69) is 31.0 Å². The van der Waals surface area contributed by atoms with Crippen LogP contribution in [0.2, 0.25) is 0 Å². The molecule has 1 N–H and O–H groups in total. The van der Waals surface area contributed by atoms with Crippen molar-refractivity contribution in [2.45, 2.75) is 59.5 Å². The van der Waals surface area contributed by atoms with Crippen LogP contribution in [0.25, 0.3) is 0 Å². The topological polar surface area (TPSA) is 32.3 Å². The Morgan fingerprint density at radius 2 is 2.00 bits per heavy atom. The quantitative estimate of drug-likeness (QED) is 0.817. The van der Waals surface area contributed by atoms with Crippen LogP contribution >= 0.6 is 0 Å². The van der Waals surface area contributed by atoms with Gasteiger partial charge in [0.25, 0.3) is 0 Å². The Bertz CT molecular complexity index is 253. The molecule has 100 valence electrons. The molecule has 3 heteroatoms. The summed E-state index contributed by atoms with van der Waals surface area (Å²) in [5.41, 5.74) is 0. The van der Waals surface area contributed by atoms with E-state index in [9.17, 15) is 4.79 Å². The summed E-state index contributed by atoms with van der Waals surface area (Å²) < 4.78 is 0. The number of carbonyl (C=O) groups is 1. The Morgan fingerprint density at radius 1 is 1.35 bits per heavy atom. The third-order valence-electron chi connectivity index (χ3n) is 3.77. The first kappa shape index (κ1) is 14.5. The molecule has 0 spiro atoms. The van der Waals surface area contributed by atoms with Gasteiger partial charge in [0.2, 0.25) is 5.91 Å². The summed E-state index contributed by atoms with van der Waals surface area (Å²) >= 11 is 0. The number of nitrogens with zero attached hydrogens (tertiary/aromatic N) is 1. The Morgan fingerprint density at radius 3 is 2.53 bits per heavy atom. The molecular formula is C14H28N2O. The number of likely N-dealkylation sites (tertiary alicyclic amines) is 1. The average molecular weight is 240 g/mol. The summed E-state index contributed by atoms with van der Waals surface area (Å²) in [7, 11) is 0. The van der Waals surface area contributed by atoms with E-state index in [1.165, 1.54) is 13.0 Å². The first-order valence-electron chi connectivity index (χ1n) is 6.98. The number of hydrogen-bond donors (Lipinski definition) is 1. The van der Waals surface area contributed by atoms with Gasteiger partial charge in [-0.05, 0) is 25.7 Å². The molecule has 1 heterocycles. The van der Waals surface area contributed by atoms with Crippen molar-refractivity contribution >= 4 is 5.91 Å². The SMILES string of the molecule is CCC(C)N1CC(C)CC(NC(=O)C(C)C)C1. The van der Waals surface area contributed by atoms with Crippen molar-refractivity contribution in [2.24, 2.45) is 11.8 Å². The van der Waals surface area contributed by atoms with Gasteiger partial charge in [-0.1, -0.05) is 27.7 Å². The third kappa shape index (κ3) is 4.30. The number of piperidine rings is 1. The maximum absolute atomic E-state index is 11.7. The van der Waals surface area contributed by atoms with Gasteiger partial charge < -0.3 is 5.32 Å². The van der Waals surface area contributed by atoms with Crippen molar-refractivity contribution in [2.75, 3.05) is 13.1 Å². The zero-order valence-electron chi connectivity index (χ0n) is 12.0. The highest BCUT2D eigenvalue weighted by Crippen LogP contribution is 2.19. The van der Waals surface area contributed by atoms with Crippen LogP contribution in [0, 0.1) is 11.8 Å². The van der Waals surface area contributed by atoms with Gasteiger partial charge in [-0.15, -0.1) is 0 Å². The molecule has 3 atom stereocenters. The van der Waals surface area contributed by atoms with Gasteiger partial charge in [-0.25, -0.2) is 0 Å². The monoisotopic (exact) mass is 240 g/mol. The number of hydrogen-bond acceptors (Lipinski definition) is 2. The predicted molar refractivity (Wildman–Crippen MR) is 71.9 cm³/mol. The van der Waals surface area contributed by atoms with Gasteiger partial charge in [-0.2, -0.15) is 0 Å². The first-order chi connectivity index (χ1) is 7.93. The van der Waals surface area contributed by atoms with Gasteiger partial charge >= 0.3 is 0 Å². The summed E-state index contributed by atoms with van der Waals surface area (Å²) in [6, 6.07) is 0.957. The number of rotatable bonds is 4. The van der Waals surface area contributed by atoms with E-state index >= 15 is 0 Å². The fraction of sp³-hybridized carbons (Fsp3) is 0.929. The summed E-state index contributed by atoms with van der Waals surface area (Å²) in [4.78, 5) is 14.2. The first-order valence-corrected chi connectivity index (χ1v) is 6.98. The van der Waals surface area contributed by atoms with Crippen LogP contribution in [0.15, 0.2) is 0 Å². The number of nitrogens with one attached hydrogen (secondary N) is 1. The lowest BCUT2D eigenvalue weighted by atomic mass is 9.94. The largest absolute Gasteiger partial charge is 0.352 e. The van der Waals surface area contributed by atoms with Crippen LogP contribution in [0.3, 0.4) is 0 Å². The molecule has 0 aromatic heterocycles. The van der Waals surface area contributed by atoms with Gasteiger partial charge in [0.1, 0.15) is 0 Å². The Kier molecular flexibility index (Phi) is 5.44. The van der Waals surface area contributed by atoms with Crippen molar-refractivity contribution in [1.82, 2.24) is 10.2 Å². The molecular weight excluding hydrogens is 212 g/mol. The second-order valence-electron chi connectivity index (χ2n) is 5.91. The molecule has 0 aliphatic carbocycles. The highest BCUT2D eigenvalue weighted by Gasteiger charge is 2.28. The number of carbonyl (C=O) groups excluding carboxylic acids is 1. The van der Waals surface area contributed by atoms with Crippen molar-refractivity contribution < 1.29 is 4.79 Å². The molecule has 1 fully saturated rings. The van der Waals surface area contributed by atoms with Gasteiger partial charge in [-0.3, -0.25) is 9.69 Å². The lowest BCUT2D eigenvalue weighted by Crippen LogP contribution is -2.53. The fourth-order valence-corrected chi connectivity index (χ4v) is 2.48. The molecule has 17 heavy (non-hydrogen) atoms. The molecule has 1 aliphatic rings. The lowest BCUT2D eigenvalue weighted by molar-refractivity contribution is -0.125. The van der Waals surface area contributed by atoms with Crippen LogP contribution in [0.4, 0.5) is 0 Å². The zero-order chi connectivity index (χ0) is 13.0. The smallest absolute Gasteiger partial charge is 0.222 e. The Balaban J connectivity index is 2.53. The highest BCUT2D eigenvalue weighted by atomic mass is 16.1. The lowest BCUT2D eigenvalue weighted by Gasteiger charge is -2.40. The van der Waals surface area contributed by atoms with Crippen LogP contribution in [-0.2, 0) is 4.79 Å². The minimum absolute atomic E-state index is 0.0873. The summed E-state index contributed by atoms with van der Waals surface area (Å²) in [6.45, 7) is 12.9. The van der Waals surface area contributed by atoms with E-state index in [4.69, 9.17) is 0 Å². The van der Waals surface area contributed by atoms with Crippen LogP contribution in [-0.4, -0.2) is 36.0 Å². The molecule has 1 saturated heterocycles. The summed E-state index contributed by atoms with van der Waals surface area (Å²) in [6.07, 6.45) is 2.29. The van der Waals surface area contributed by atoms with Gasteiger partial charge in [0.15, 0.2) is 0 Å². The summed E-state index contributed by atoms with van der Waals surface area (Å²) in [5, 5.41) is 3.18. The molecule has 0 aromatic carbocycles. The summed E-state index contributed by atoms with van der Waals surface area (Å²) in [5.74, 6) is 0.952. The zero-order valence-corrected chi connectivity index (χ0v) is 12.0. The fourth-order valence-electron chi connectivity index (χ4n) is 2.48. The van der Waals surface area contributed by atoms with Crippen molar-refractivity contribution in [1.29, 1.82) is 0 Å². The normalized spacial score (nSPS) is 28.1. The molecule has 1 rings (SSSR count). The standard InChI is InChI=1S/C14H28N2O/c1-6-12(5)16-8-11(4)7-13(9-16)15-14(17)10(2)3/h10-13H,6-9H2,1-5H3,(H,15,17). The molecule has 3 unspecified atom stereocenters. The molecule has 0 saturated carbocycles. The van der Waals surface area contributed by atoms with Crippen molar-refractivity contribution in [3.8, 4) is 0 Å². The second kappa shape index (κ2) is 6.39. The maximum atomic E-state index is 11.7. The highest BCUT2D eigenvalue weighted by molar-refractivity contribution is 5.78. The Labute approximate surface area is 106 Å². The Hall–Kier alpha value is -0.570. The van der Waals surface area contributed by atoms with Crippen LogP contribution in [0.5, 0.6) is 0 Å². The molecule has 0 aromatic rings. The molecule has 0 bridgehead atoms. The van der Waals surface area contributed by atoms with Gasteiger partial charge in [0, 0.05) is 31.1 Å². The molecule has 3 nitrogen and oxygen atoms in total. The minimum atomic E-state index is 0.0873. The van der Waals surface area contributed by atoms with Crippen molar-refractivity contribution in [3.05, 3.63) is 0 Å².